The lowest BCUT2D eigenvalue weighted by Crippen LogP contribution is -2.21. The van der Waals surface area contributed by atoms with Crippen LogP contribution in [0.3, 0.4) is 0 Å². The van der Waals surface area contributed by atoms with Gasteiger partial charge in [-0.2, -0.15) is 0 Å². The number of benzene rings is 3. The van der Waals surface area contributed by atoms with E-state index in [9.17, 15) is 15.2 Å². The predicted molar refractivity (Wildman–Crippen MR) is 105 cm³/mol. The van der Waals surface area contributed by atoms with E-state index in [2.05, 4.69) is 15.6 Å². The Hall–Kier alpha value is -3.94. The normalized spacial score (nSPS) is 12.0. The van der Waals surface area contributed by atoms with Crippen molar-refractivity contribution in [3.8, 4) is 5.75 Å². The molecule has 4 aromatic rings. The molecule has 8 heteroatoms. The smallest absolute Gasteiger partial charge is 0.270 e. The summed E-state index contributed by atoms with van der Waals surface area (Å²) in [6.45, 7) is 1.98. The summed E-state index contributed by atoms with van der Waals surface area (Å²) in [7, 11) is 0. The summed E-state index contributed by atoms with van der Waals surface area (Å²) >= 11 is 0. The van der Waals surface area contributed by atoms with Crippen molar-refractivity contribution in [2.45, 2.75) is 13.1 Å². The van der Waals surface area contributed by atoms with Gasteiger partial charge in [0.05, 0.1) is 10.4 Å². The van der Waals surface area contributed by atoms with Crippen LogP contribution in [0.4, 0.5) is 11.4 Å². The lowest BCUT2D eigenvalue weighted by Gasteiger charge is -2.22. The summed E-state index contributed by atoms with van der Waals surface area (Å²) in [6.07, 6.45) is -0.699. The monoisotopic (exact) mass is 375 g/mol. The summed E-state index contributed by atoms with van der Waals surface area (Å²) in [6, 6.07) is 19.0. The van der Waals surface area contributed by atoms with Crippen LogP contribution in [0.1, 0.15) is 17.3 Å². The van der Waals surface area contributed by atoms with Crippen molar-refractivity contribution < 1.29 is 10.0 Å². The number of rotatable bonds is 5. The van der Waals surface area contributed by atoms with Crippen molar-refractivity contribution in [2.75, 3.05) is 5.32 Å². The van der Waals surface area contributed by atoms with Crippen molar-refractivity contribution in [1.29, 1.82) is 0 Å². The first kappa shape index (κ1) is 17.5. The molecule has 0 fully saturated rings. The molecule has 1 aromatic heterocycles. The molecule has 0 unspecified atom stereocenters. The molecule has 4 rings (SSSR count). The molecule has 1 heterocycles. The first-order valence-corrected chi connectivity index (χ1v) is 8.63. The van der Waals surface area contributed by atoms with E-state index in [0.29, 0.717) is 11.1 Å². The fourth-order valence-electron chi connectivity index (χ4n) is 3.03. The maximum Gasteiger partial charge on any atom is 0.270 e. The Kier molecular flexibility index (Phi) is 4.36. The van der Waals surface area contributed by atoms with Crippen LogP contribution in [0.5, 0.6) is 5.75 Å². The van der Waals surface area contributed by atoms with Gasteiger partial charge in [0.25, 0.3) is 5.69 Å². The molecule has 28 heavy (non-hydrogen) atoms. The van der Waals surface area contributed by atoms with E-state index >= 15 is 0 Å². The average Bonchev–Trinajstić information content (AvgIpc) is 3.12. The number of nitrogens with zero attached hydrogens (tertiary/aromatic N) is 4. The minimum atomic E-state index is -0.699. The van der Waals surface area contributed by atoms with E-state index in [1.807, 2.05) is 55.5 Å². The molecule has 0 saturated carbocycles. The van der Waals surface area contributed by atoms with Crippen molar-refractivity contribution in [2.24, 2.45) is 0 Å². The Morgan fingerprint density at radius 2 is 1.86 bits per heavy atom. The number of phenols is 1. The zero-order chi connectivity index (χ0) is 19.7. The number of non-ortho nitro benzene ring substituents is 1. The number of fused-ring (bicyclic) bond motifs is 1. The number of nitro groups is 1. The van der Waals surface area contributed by atoms with Gasteiger partial charge in [-0.1, -0.05) is 35.0 Å². The number of para-hydroxylation sites is 1. The highest BCUT2D eigenvalue weighted by Crippen LogP contribution is 2.33. The zero-order valence-corrected chi connectivity index (χ0v) is 15.0. The fourth-order valence-corrected chi connectivity index (χ4v) is 3.03. The van der Waals surface area contributed by atoms with Crippen LogP contribution >= 0.6 is 0 Å². The third-order valence-corrected chi connectivity index (χ3v) is 4.49. The number of phenolic OH excluding ortho intramolecular Hbond substituents is 1. The standard InChI is InChI=1S/C20H17N5O3/c1-13-6-8-14(9-7-13)21-20(16-12-15(25(27)28)10-11-19(16)26)24-18-5-3-2-4-17(18)22-23-24/h2-12,20-21,26H,1H3/t20-/m1/s1. The topological polar surface area (TPSA) is 106 Å². The van der Waals surface area contributed by atoms with Gasteiger partial charge in [0.1, 0.15) is 11.3 Å². The number of nitro benzene ring substituents is 1. The molecule has 0 radical (unpaired) electrons. The van der Waals surface area contributed by atoms with Gasteiger partial charge in [0.15, 0.2) is 6.17 Å². The Balaban J connectivity index is 1.87. The van der Waals surface area contributed by atoms with Crippen molar-refractivity contribution >= 4 is 22.4 Å². The molecule has 0 spiro atoms. The van der Waals surface area contributed by atoms with Gasteiger partial charge in [-0.3, -0.25) is 10.1 Å². The highest BCUT2D eigenvalue weighted by Gasteiger charge is 2.23. The maximum absolute atomic E-state index is 11.3. The summed E-state index contributed by atoms with van der Waals surface area (Å²) < 4.78 is 1.61. The molecule has 8 nitrogen and oxygen atoms in total. The lowest BCUT2D eigenvalue weighted by atomic mass is 10.1. The van der Waals surface area contributed by atoms with Gasteiger partial charge in [-0.05, 0) is 37.3 Å². The third kappa shape index (κ3) is 3.23. The largest absolute Gasteiger partial charge is 0.508 e. The lowest BCUT2D eigenvalue weighted by molar-refractivity contribution is -0.385. The number of aromatic nitrogens is 3. The second kappa shape index (κ2) is 6.99. The van der Waals surface area contributed by atoms with E-state index in [1.54, 1.807) is 4.68 Å². The number of hydrogen-bond donors (Lipinski definition) is 2. The second-order valence-corrected chi connectivity index (χ2v) is 6.44. The highest BCUT2D eigenvalue weighted by atomic mass is 16.6. The molecule has 0 amide bonds. The molecule has 1 atom stereocenters. The van der Waals surface area contributed by atoms with Crippen LogP contribution in [0, 0.1) is 17.0 Å². The van der Waals surface area contributed by atoms with Gasteiger partial charge in [0.2, 0.25) is 0 Å². The van der Waals surface area contributed by atoms with Gasteiger partial charge in [0, 0.05) is 23.4 Å². The van der Waals surface area contributed by atoms with Gasteiger partial charge in [-0.25, -0.2) is 4.68 Å². The van der Waals surface area contributed by atoms with E-state index in [1.165, 1.54) is 18.2 Å². The highest BCUT2D eigenvalue weighted by molar-refractivity contribution is 5.74. The van der Waals surface area contributed by atoms with Gasteiger partial charge >= 0.3 is 0 Å². The molecule has 0 aliphatic carbocycles. The Morgan fingerprint density at radius 3 is 2.61 bits per heavy atom. The number of aryl methyl sites for hydroxylation is 1. The Labute approximate surface area is 160 Å². The van der Waals surface area contributed by atoms with Gasteiger partial charge in [-0.15, -0.1) is 5.10 Å². The molecule has 0 aliphatic heterocycles. The van der Waals surface area contributed by atoms with Crippen LogP contribution in [-0.4, -0.2) is 25.0 Å². The molecule has 0 aliphatic rings. The molecule has 140 valence electrons. The molecular formula is C20H17N5O3. The SMILES string of the molecule is Cc1ccc(N[C@@H](c2cc([N+](=O)[O-])ccc2O)n2nnc3ccccc32)cc1. The molecular weight excluding hydrogens is 358 g/mol. The van der Waals surface area contributed by atoms with Crippen LogP contribution in [0.25, 0.3) is 11.0 Å². The van der Waals surface area contributed by atoms with Crippen molar-refractivity contribution in [1.82, 2.24) is 15.0 Å². The maximum atomic E-state index is 11.3. The van der Waals surface area contributed by atoms with Crippen molar-refractivity contribution in [3.05, 3.63) is 88.0 Å². The van der Waals surface area contributed by atoms with Gasteiger partial charge < -0.3 is 10.4 Å². The Morgan fingerprint density at radius 1 is 1.11 bits per heavy atom. The minimum Gasteiger partial charge on any atom is -0.508 e. The quantitative estimate of drug-likeness (QED) is 0.403. The van der Waals surface area contributed by atoms with Crippen LogP contribution in [0.2, 0.25) is 0 Å². The first-order chi connectivity index (χ1) is 13.5. The molecule has 2 N–H and O–H groups in total. The summed E-state index contributed by atoms with van der Waals surface area (Å²) in [5.74, 6) is -0.0743. The molecule has 0 bridgehead atoms. The Bertz CT molecular complexity index is 1150. The van der Waals surface area contributed by atoms with E-state index < -0.39 is 11.1 Å². The van der Waals surface area contributed by atoms with E-state index in [-0.39, 0.29) is 11.4 Å². The summed E-state index contributed by atoms with van der Waals surface area (Å²) in [4.78, 5) is 10.8. The summed E-state index contributed by atoms with van der Waals surface area (Å²) in [5.41, 5.74) is 3.51. The van der Waals surface area contributed by atoms with Crippen LogP contribution in [0.15, 0.2) is 66.7 Å². The fraction of sp³-hybridized carbons (Fsp3) is 0.100. The van der Waals surface area contributed by atoms with Crippen LogP contribution in [-0.2, 0) is 0 Å². The number of aromatic hydroxyl groups is 1. The van der Waals surface area contributed by atoms with E-state index in [0.717, 1.165) is 16.8 Å². The second-order valence-electron chi connectivity index (χ2n) is 6.44. The number of nitrogens with one attached hydrogen (secondary N) is 1. The average molecular weight is 375 g/mol. The van der Waals surface area contributed by atoms with Crippen LogP contribution < -0.4 is 5.32 Å². The minimum absolute atomic E-state index is 0.0743. The molecule has 3 aromatic carbocycles. The van der Waals surface area contributed by atoms with E-state index in [4.69, 9.17) is 0 Å². The third-order valence-electron chi connectivity index (χ3n) is 4.49. The number of hydrogen-bond acceptors (Lipinski definition) is 6. The predicted octanol–water partition coefficient (Wildman–Crippen LogP) is 4.01. The van der Waals surface area contributed by atoms with Crippen molar-refractivity contribution in [3.63, 3.8) is 0 Å². The first-order valence-electron chi connectivity index (χ1n) is 8.63. The number of anilines is 1. The summed E-state index contributed by atoms with van der Waals surface area (Å²) in [5, 5.41) is 33.4. The zero-order valence-electron chi connectivity index (χ0n) is 15.0. The molecule has 0 saturated heterocycles.